The number of nitrogens with zero attached hydrogens (tertiary/aromatic N) is 2. The van der Waals surface area contributed by atoms with Crippen LogP contribution in [0.4, 0.5) is 11.4 Å². The van der Waals surface area contributed by atoms with Gasteiger partial charge in [0.25, 0.3) is 5.69 Å². The van der Waals surface area contributed by atoms with Gasteiger partial charge >= 0.3 is 0 Å². The Bertz CT molecular complexity index is 430. The van der Waals surface area contributed by atoms with Gasteiger partial charge in [0.2, 0.25) is 0 Å². The molecule has 9 heteroatoms. The van der Waals surface area contributed by atoms with Gasteiger partial charge in [0.15, 0.2) is 12.2 Å². The monoisotopic (exact) mass is 306 g/mol. The van der Waals surface area contributed by atoms with E-state index in [0.29, 0.717) is 18.9 Å². The predicted octanol–water partition coefficient (Wildman–Crippen LogP) is 2.05. The van der Waals surface area contributed by atoms with E-state index in [1.807, 2.05) is 0 Å². The number of nitro benzene ring substituents is 1. The van der Waals surface area contributed by atoms with Gasteiger partial charge in [-0.05, 0) is 6.07 Å². The van der Waals surface area contributed by atoms with E-state index in [2.05, 4.69) is 0 Å². The van der Waals surface area contributed by atoms with Crippen molar-refractivity contribution in [2.45, 2.75) is 6.10 Å². The third-order valence-corrected chi connectivity index (χ3v) is 2.84. The predicted molar refractivity (Wildman–Crippen MR) is 76.2 cm³/mol. The Morgan fingerprint density at radius 1 is 1.63 bits per heavy atom. The number of non-ortho nitro benzene ring substituents is 1. The van der Waals surface area contributed by atoms with Crippen molar-refractivity contribution < 1.29 is 18.9 Å². The Kier molecular flexibility index (Phi) is 6.38. The van der Waals surface area contributed by atoms with Crippen LogP contribution in [0, 0.1) is 10.1 Å². The van der Waals surface area contributed by atoms with Crippen molar-refractivity contribution >= 4 is 37.1 Å². The first-order chi connectivity index (χ1) is 8.66. The second-order valence-electron chi connectivity index (χ2n) is 3.66. The van der Waals surface area contributed by atoms with Gasteiger partial charge in [-0.25, -0.2) is 4.89 Å². The lowest BCUT2D eigenvalue weighted by molar-refractivity contribution is -0.384. The Balaban J connectivity index is 0.00000180. The van der Waals surface area contributed by atoms with Crippen LogP contribution in [0.1, 0.15) is 0 Å². The van der Waals surface area contributed by atoms with E-state index in [1.165, 1.54) is 12.1 Å². The van der Waals surface area contributed by atoms with Gasteiger partial charge in [-0.1, -0.05) is 6.07 Å². The molecule has 1 aliphatic heterocycles. The van der Waals surface area contributed by atoms with E-state index in [-0.39, 0.29) is 25.3 Å². The summed E-state index contributed by atoms with van der Waals surface area (Å²) in [5, 5.41) is 10.6. The van der Waals surface area contributed by atoms with E-state index in [0.717, 1.165) is 12.2 Å². The number of epoxide rings is 1. The Morgan fingerprint density at radius 2 is 2.37 bits per heavy atom. The molecule has 0 bridgehead atoms. The first kappa shape index (κ1) is 16.1. The maximum absolute atomic E-state index is 10.6. The molecule has 1 aromatic carbocycles. The van der Waals surface area contributed by atoms with Crippen molar-refractivity contribution in [1.82, 2.24) is 0 Å². The average Bonchev–Trinajstić information content (AvgIpc) is 3.18. The number of anilines is 1. The molecule has 1 fully saturated rings. The fourth-order valence-corrected chi connectivity index (χ4v) is 1.57. The first-order valence-electron chi connectivity index (χ1n) is 5.23. The molecule has 7 nitrogen and oxygen atoms in total. The number of ether oxygens (including phenoxy) is 1. The molecule has 1 atom stereocenters. The minimum Gasteiger partial charge on any atom is -0.370 e. The number of benzene rings is 1. The summed E-state index contributed by atoms with van der Waals surface area (Å²) in [5.74, 6) is 0. The molecule has 1 aromatic rings. The van der Waals surface area contributed by atoms with E-state index in [4.69, 9.17) is 14.0 Å². The van der Waals surface area contributed by atoms with E-state index in [1.54, 1.807) is 23.5 Å². The van der Waals surface area contributed by atoms with Crippen LogP contribution in [-0.2, 0) is 14.0 Å². The summed E-state index contributed by atoms with van der Waals surface area (Å²) >= 11 is 0.953. The minimum absolute atomic E-state index is 0. The number of hydrogen-bond acceptors (Lipinski definition) is 7. The molecular formula is C10H14N2O5S2. The van der Waals surface area contributed by atoms with Gasteiger partial charge in [0.05, 0.1) is 17.2 Å². The lowest BCUT2D eigenvalue weighted by Gasteiger charge is -2.15. The highest BCUT2D eigenvalue weighted by atomic mass is 32.2. The second-order valence-corrected chi connectivity index (χ2v) is 4.49. The normalized spacial score (nSPS) is 16.6. The fourth-order valence-electron chi connectivity index (χ4n) is 1.18. The molecule has 0 aliphatic carbocycles. The molecule has 2 rings (SSSR count). The second kappa shape index (κ2) is 7.56. The molecule has 19 heavy (non-hydrogen) atoms. The summed E-state index contributed by atoms with van der Waals surface area (Å²) in [6.07, 6.45) is 0.133. The number of rotatable bonds is 7. The van der Waals surface area contributed by atoms with Gasteiger partial charge < -0.3 is 4.74 Å². The average molecular weight is 306 g/mol. The van der Waals surface area contributed by atoms with Crippen molar-refractivity contribution in [3.05, 3.63) is 34.4 Å². The molecule has 0 radical (unpaired) electrons. The van der Waals surface area contributed by atoms with Crippen molar-refractivity contribution in [3.63, 3.8) is 0 Å². The van der Waals surface area contributed by atoms with Crippen LogP contribution in [0.5, 0.6) is 0 Å². The summed E-state index contributed by atoms with van der Waals surface area (Å²) in [5.41, 5.74) is 0.688. The summed E-state index contributed by atoms with van der Waals surface area (Å²) in [6, 6.07) is 6.25. The van der Waals surface area contributed by atoms with Crippen LogP contribution in [0.25, 0.3) is 0 Å². The fraction of sp³-hybridized carbons (Fsp3) is 0.400. The van der Waals surface area contributed by atoms with Gasteiger partial charge in [0, 0.05) is 19.2 Å². The molecule has 0 amide bonds. The Hall–Kier alpha value is -1.00. The first-order valence-corrected chi connectivity index (χ1v) is 5.92. The maximum atomic E-state index is 10.6. The highest BCUT2D eigenvalue weighted by Gasteiger charge is 2.23. The molecule has 1 aliphatic rings. The molecular weight excluding hydrogens is 292 g/mol. The zero-order valence-corrected chi connectivity index (χ0v) is 12.0. The van der Waals surface area contributed by atoms with Crippen molar-refractivity contribution in [3.8, 4) is 0 Å². The topological polar surface area (TPSA) is 77.4 Å². The third kappa shape index (κ3) is 5.25. The van der Waals surface area contributed by atoms with Crippen LogP contribution >= 0.6 is 25.7 Å². The number of nitro groups is 1. The molecule has 1 heterocycles. The smallest absolute Gasteiger partial charge is 0.271 e. The SMILES string of the molecule is CN(SOOCC1CO1)c1cccc([N+](=O)[O-])c1.S. The quantitative estimate of drug-likeness (QED) is 0.145. The van der Waals surface area contributed by atoms with Crippen molar-refractivity contribution in [1.29, 1.82) is 0 Å². The van der Waals surface area contributed by atoms with Gasteiger partial charge in [0.1, 0.15) is 12.7 Å². The molecule has 0 spiro atoms. The van der Waals surface area contributed by atoms with Crippen molar-refractivity contribution in [2.24, 2.45) is 0 Å². The van der Waals surface area contributed by atoms with E-state index in [9.17, 15) is 10.1 Å². The minimum atomic E-state index is -0.441. The van der Waals surface area contributed by atoms with Crippen LogP contribution in [0.2, 0.25) is 0 Å². The summed E-state index contributed by atoms with van der Waals surface area (Å²) in [4.78, 5) is 15.1. The number of hydrogen-bond donors (Lipinski definition) is 0. The standard InChI is InChI=1S/C10H12N2O5S.H2S/c1-11(18-17-16-7-10-6-15-10)8-3-2-4-9(5-8)12(13)14;/h2-5,10H,6-7H2,1H3;1H2. The lowest BCUT2D eigenvalue weighted by atomic mass is 10.3. The summed E-state index contributed by atoms with van der Waals surface area (Å²) in [6.45, 7) is 1.09. The Morgan fingerprint density at radius 3 is 3.00 bits per heavy atom. The van der Waals surface area contributed by atoms with Gasteiger partial charge in [-0.15, -0.1) is 4.33 Å². The van der Waals surface area contributed by atoms with E-state index >= 15 is 0 Å². The van der Waals surface area contributed by atoms with Crippen LogP contribution in [0.3, 0.4) is 0 Å². The molecule has 0 saturated carbocycles. The largest absolute Gasteiger partial charge is 0.370 e. The molecule has 1 saturated heterocycles. The van der Waals surface area contributed by atoms with Crippen molar-refractivity contribution in [2.75, 3.05) is 24.6 Å². The van der Waals surface area contributed by atoms with Gasteiger partial charge in [-0.3, -0.25) is 14.4 Å². The Labute approximate surface area is 121 Å². The van der Waals surface area contributed by atoms with E-state index < -0.39 is 4.92 Å². The highest BCUT2D eigenvalue weighted by molar-refractivity contribution is 7.95. The van der Waals surface area contributed by atoms with Crippen LogP contribution < -0.4 is 4.31 Å². The van der Waals surface area contributed by atoms with Crippen LogP contribution in [0.15, 0.2) is 24.3 Å². The molecule has 0 aromatic heterocycles. The summed E-state index contributed by atoms with van der Waals surface area (Å²) in [7, 11) is 1.72. The lowest BCUT2D eigenvalue weighted by Crippen LogP contribution is -2.09. The summed E-state index contributed by atoms with van der Waals surface area (Å²) < 4.78 is 11.5. The third-order valence-electron chi connectivity index (χ3n) is 2.25. The maximum Gasteiger partial charge on any atom is 0.271 e. The highest BCUT2D eigenvalue weighted by Crippen LogP contribution is 2.25. The zero-order chi connectivity index (χ0) is 13.0. The van der Waals surface area contributed by atoms with Gasteiger partial charge in [-0.2, -0.15) is 13.5 Å². The zero-order valence-electron chi connectivity index (χ0n) is 10.1. The molecule has 1 unspecified atom stereocenters. The van der Waals surface area contributed by atoms with Crippen LogP contribution in [-0.4, -0.2) is 31.3 Å². The molecule has 0 N–H and O–H groups in total. The molecule has 106 valence electrons.